The van der Waals surface area contributed by atoms with Crippen molar-refractivity contribution < 1.29 is 18.0 Å². The van der Waals surface area contributed by atoms with Crippen molar-refractivity contribution in [1.29, 1.82) is 0 Å². The third kappa shape index (κ3) is 7.75. The number of sulfonamides is 1. The van der Waals surface area contributed by atoms with Crippen molar-refractivity contribution in [3.8, 4) is 0 Å². The van der Waals surface area contributed by atoms with E-state index >= 15 is 0 Å². The summed E-state index contributed by atoms with van der Waals surface area (Å²) in [5.41, 5.74) is 1.81. The molecule has 208 valence electrons. The van der Waals surface area contributed by atoms with E-state index in [1.54, 1.807) is 67.6 Å². The number of anilines is 1. The average molecular weight is 591 g/mol. The number of hydrogen-bond donors (Lipinski definition) is 1. The lowest BCUT2D eigenvalue weighted by Gasteiger charge is -2.33. The predicted octanol–water partition coefficient (Wildman–Crippen LogP) is 5.83. The zero-order valence-corrected chi connectivity index (χ0v) is 24.7. The maximum Gasteiger partial charge on any atom is 0.264 e. The SMILES string of the molecule is CC[C@@H](C(=O)NC(C)C)N(Cc1ccccc1Cl)C(=O)CN(c1ccc(Cl)cc1)S(=O)(=O)c1ccc(C)cc1. The van der Waals surface area contributed by atoms with Gasteiger partial charge in [0.05, 0.1) is 10.6 Å². The molecule has 0 aliphatic rings. The fourth-order valence-electron chi connectivity index (χ4n) is 4.08. The third-order valence-corrected chi connectivity index (χ3v) is 8.53. The van der Waals surface area contributed by atoms with E-state index in [0.29, 0.717) is 22.0 Å². The van der Waals surface area contributed by atoms with Crippen LogP contribution in [-0.4, -0.2) is 43.8 Å². The normalized spacial score (nSPS) is 12.2. The van der Waals surface area contributed by atoms with Crippen molar-refractivity contribution in [3.63, 3.8) is 0 Å². The highest BCUT2D eigenvalue weighted by atomic mass is 35.5. The Morgan fingerprint density at radius 2 is 1.54 bits per heavy atom. The number of benzene rings is 3. The first-order chi connectivity index (χ1) is 18.4. The fourth-order valence-corrected chi connectivity index (χ4v) is 5.82. The van der Waals surface area contributed by atoms with Crippen molar-refractivity contribution >= 4 is 50.7 Å². The number of carbonyl (C=O) groups is 2. The highest BCUT2D eigenvalue weighted by Gasteiger charge is 2.34. The van der Waals surface area contributed by atoms with E-state index in [1.165, 1.54) is 17.0 Å². The maximum atomic E-state index is 14.0. The lowest BCUT2D eigenvalue weighted by atomic mass is 10.1. The lowest BCUT2D eigenvalue weighted by molar-refractivity contribution is -0.140. The number of carbonyl (C=O) groups excluding carboxylic acids is 2. The molecular formula is C29H33Cl2N3O4S. The van der Waals surface area contributed by atoms with Crippen LogP contribution in [0.3, 0.4) is 0 Å². The number of hydrogen-bond acceptors (Lipinski definition) is 4. The summed E-state index contributed by atoms with van der Waals surface area (Å²) in [5.74, 6) is -0.876. The minimum Gasteiger partial charge on any atom is -0.352 e. The van der Waals surface area contributed by atoms with E-state index < -0.39 is 28.5 Å². The number of rotatable bonds is 11. The molecule has 0 fully saturated rings. The number of nitrogens with zero attached hydrogens (tertiary/aromatic N) is 2. The Kier molecular flexibility index (Phi) is 10.4. The van der Waals surface area contributed by atoms with E-state index in [-0.39, 0.29) is 29.1 Å². The van der Waals surface area contributed by atoms with Crippen LogP contribution in [0.4, 0.5) is 5.69 Å². The quantitative estimate of drug-likeness (QED) is 0.305. The van der Waals surface area contributed by atoms with Crippen molar-refractivity contribution in [3.05, 3.63) is 94.0 Å². The summed E-state index contributed by atoms with van der Waals surface area (Å²) in [7, 11) is -4.15. The van der Waals surface area contributed by atoms with Gasteiger partial charge in [-0.25, -0.2) is 8.42 Å². The first kappa shape index (κ1) is 30.5. The minimum atomic E-state index is -4.15. The molecule has 0 saturated carbocycles. The largest absolute Gasteiger partial charge is 0.352 e. The molecule has 10 heteroatoms. The summed E-state index contributed by atoms with van der Waals surface area (Å²) in [4.78, 5) is 28.6. The highest BCUT2D eigenvalue weighted by Crippen LogP contribution is 2.27. The molecule has 0 spiro atoms. The van der Waals surface area contributed by atoms with Crippen molar-refractivity contribution in [2.24, 2.45) is 0 Å². The Morgan fingerprint density at radius 3 is 2.10 bits per heavy atom. The second-order valence-electron chi connectivity index (χ2n) is 9.50. The van der Waals surface area contributed by atoms with Gasteiger partial charge in [-0.2, -0.15) is 0 Å². The molecule has 0 unspecified atom stereocenters. The lowest BCUT2D eigenvalue weighted by Crippen LogP contribution is -2.53. The Hall–Kier alpha value is -3.07. The maximum absolute atomic E-state index is 14.0. The second kappa shape index (κ2) is 13.3. The summed E-state index contributed by atoms with van der Waals surface area (Å²) in [6.07, 6.45) is 0.320. The molecule has 3 rings (SSSR count). The number of amides is 2. The van der Waals surface area contributed by atoms with Crippen LogP contribution >= 0.6 is 23.2 Å². The van der Waals surface area contributed by atoms with Crippen LogP contribution in [0.25, 0.3) is 0 Å². The smallest absolute Gasteiger partial charge is 0.264 e. The van der Waals surface area contributed by atoms with E-state index in [4.69, 9.17) is 23.2 Å². The summed E-state index contributed by atoms with van der Waals surface area (Å²) in [5, 5.41) is 3.74. The Bertz CT molecular complexity index is 1390. The molecule has 3 aromatic carbocycles. The standard InChI is InChI=1S/C29H33Cl2N3O4S/c1-5-27(29(36)32-20(2)3)33(18-22-8-6-7-9-26(22)31)28(35)19-34(24-14-12-23(30)13-15-24)39(37,38)25-16-10-21(4)11-17-25/h6-17,20,27H,5,18-19H2,1-4H3,(H,32,36)/t27-/m0/s1. The molecule has 0 aromatic heterocycles. The van der Waals surface area contributed by atoms with Gasteiger partial charge in [-0.3, -0.25) is 13.9 Å². The number of halogens is 2. The topological polar surface area (TPSA) is 86.8 Å². The van der Waals surface area contributed by atoms with E-state index in [0.717, 1.165) is 9.87 Å². The van der Waals surface area contributed by atoms with Gasteiger partial charge in [-0.15, -0.1) is 0 Å². The molecular weight excluding hydrogens is 557 g/mol. The Morgan fingerprint density at radius 1 is 0.923 bits per heavy atom. The Labute approximate surface area is 240 Å². The van der Waals surface area contributed by atoms with E-state index in [1.807, 2.05) is 20.8 Å². The molecule has 1 N–H and O–H groups in total. The molecule has 7 nitrogen and oxygen atoms in total. The first-order valence-corrected chi connectivity index (χ1v) is 14.8. The first-order valence-electron chi connectivity index (χ1n) is 12.6. The average Bonchev–Trinajstić information content (AvgIpc) is 2.88. The molecule has 2 amide bonds. The molecule has 0 bridgehead atoms. The van der Waals surface area contributed by atoms with Crippen LogP contribution in [-0.2, 0) is 26.2 Å². The number of nitrogens with one attached hydrogen (secondary N) is 1. The molecule has 0 aliphatic heterocycles. The van der Waals surface area contributed by atoms with E-state index in [2.05, 4.69) is 5.32 Å². The minimum absolute atomic E-state index is 0.0293. The van der Waals surface area contributed by atoms with Crippen LogP contribution in [0, 0.1) is 6.92 Å². The zero-order valence-electron chi connectivity index (χ0n) is 22.4. The monoisotopic (exact) mass is 589 g/mol. The summed E-state index contributed by atoms with van der Waals surface area (Å²) in [6, 6.07) is 18.7. The predicted molar refractivity (Wildman–Crippen MR) is 157 cm³/mol. The fraction of sp³-hybridized carbons (Fsp3) is 0.310. The molecule has 0 heterocycles. The van der Waals surface area contributed by atoms with Gasteiger partial charge in [-0.1, -0.05) is 66.0 Å². The van der Waals surface area contributed by atoms with Gasteiger partial charge in [0.2, 0.25) is 11.8 Å². The van der Waals surface area contributed by atoms with Gasteiger partial charge in [0.1, 0.15) is 12.6 Å². The highest BCUT2D eigenvalue weighted by molar-refractivity contribution is 7.92. The van der Waals surface area contributed by atoms with Gasteiger partial charge >= 0.3 is 0 Å². The second-order valence-corrected chi connectivity index (χ2v) is 12.2. The summed E-state index contributed by atoms with van der Waals surface area (Å²) < 4.78 is 28.7. The molecule has 0 saturated heterocycles. The van der Waals surface area contributed by atoms with Gasteiger partial charge in [0.25, 0.3) is 10.0 Å². The molecule has 39 heavy (non-hydrogen) atoms. The molecule has 3 aromatic rings. The van der Waals surface area contributed by atoms with Crippen LogP contribution < -0.4 is 9.62 Å². The zero-order chi connectivity index (χ0) is 28.7. The van der Waals surface area contributed by atoms with Gasteiger partial charge in [0.15, 0.2) is 0 Å². The van der Waals surface area contributed by atoms with Crippen molar-refractivity contribution in [2.75, 3.05) is 10.8 Å². The van der Waals surface area contributed by atoms with Crippen LogP contribution in [0.5, 0.6) is 0 Å². The van der Waals surface area contributed by atoms with Gasteiger partial charge in [-0.05, 0) is 75.2 Å². The van der Waals surface area contributed by atoms with Crippen LogP contribution in [0.15, 0.2) is 77.7 Å². The van der Waals surface area contributed by atoms with Crippen molar-refractivity contribution in [1.82, 2.24) is 10.2 Å². The van der Waals surface area contributed by atoms with Crippen molar-refractivity contribution in [2.45, 2.75) is 57.6 Å². The molecule has 0 radical (unpaired) electrons. The molecule has 0 aliphatic carbocycles. The molecule has 1 atom stereocenters. The summed E-state index contributed by atoms with van der Waals surface area (Å²) >= 11 is 12.5. The van der Waals surface area contributed by atoms with Crippen LogP contribution in [0.2, 0.25) is 10.0 Å². The van der Waals surface area contributed by atoms with E-state index in [9.17, 15) is 18.0 Å². The van der Waals surface area contributed by atoms with Gasteiger partial charge < -0.3 is 10.2 Å². The third-order valence-electron chi connectivity index (χ3n) is 6.12. The van der Waals surface area contributed by atoms with Crippen LogP contribution in [0.1, 0.15) is 38.3 Å². The summed E-state index contributed by atoms with van der Waals surface area (Å²) in [6.45, 7) is 6.83. The number of aryl methyl sites for hydroxylation is 1. The van der Waals surface area contributed by atoms with Gasteiger partial charge in [0, 0.05) is 22.6 Å². The Balaban J connectivity index is 2.07.